The number of carbonyl (C=O) groups is 1. The molecule has 0 aliphatic rings. The number of halogens is 4. The number of hydrogen-bond donors (Lipinski definition) is 1. The molecule has 0 aliphatic heterocycles. The number of carboxylic acids is 1. The van der Waals surface area contributed by atoms with Crippen LogP contribution in [0, 0.1) is 7.14 Å². The molecule has 1 N–H and O–H groups in total. The zero-order valence-corrected chi connectivity index (χ0v) is 19.8. The number of benzene rings is 1. The van der Waals surface area contributed by atoms with Crippen LogP contribution in [-0.4, -0.2) is 11.1 Å². The van der Waals surface area contributed by atoms with Crippen LogP contribution < -0.4 is 62.6 Å². The third-order valence-corrected chi connectivity index (χ3v) is 4.59. The van der Waals surface area contributed by atoms with Gasteiger partial charge in [-0.05, 0) is 45.2 Å². The number of hydrogen-bond acceptors (Lipinski definition) is 5. The van der Waals surface area contributed by atoms with E-state index in [1.165, 1.54) is 0 Å². The van der Waals surface area contributed by atoms with Crippen molar-refractivity contribution in [1.29, 1.82) is 0 Å². The molecule has 1 aromatic carbocycles. The van der Waals surface area contributed by atoms with E-state index in [1.807, 2.05) is 0 Å². The first kappa shape index (κ1) is 19.6. The van der Waals surface area contributed by atoms with Crippen LogP contribution in [0.15, 0.2) is 0 Å². The first-order valence-corrected chi connectivity index (χ1v) is 7.40. The second-order valence-corrected chi connectivity index (χ2v) is 5.49. The zero-order chi connectivity index (χ0) is 12.5. The molecular weight excluding hydrogens is 711 g/mol. The molecule has 0 saturated heterocycles. The summed E-state index contributed by atoms with van der Waals surface area (Å²) in [6.45, 7) is 0. The van der Waals surface area contributed by atoms with Crippen molar-refractivity contribution in [3.05, 3.63) is 12.7 Å². The van der Waals surface area contributed by atoms with E-state index in [4.69, 9.17) is 6.13 Å². The molecule has 0 aliphatic carbocycles. The maximum atomic E-state index is 10.9. The van der Waals surface area contributed by atoms with Crippen molar-refractivity contribution in [1.82, 2.24) is 0 Å². The van der Waals surface area contributed by atoms with Gasteiger partial charge >= 0.3 is 51.4 Å². The van der Waals surface area contributed by atoms with Gasteiger partial charge in [0.15, 0.2) is 57.5 Å². The van der Waals surface area contributed by atoms with E-state index in [9.17, 15) is 15.0 Å². The number of carboxylic acid groups (broad SMARTS) is 1. The van der Waals surface area contributed by atoms with E-state index in [0.29, 0.717) is 3.57 Å². The maximum Gasteiger partial charge on any atom is 1.00 e. The zero-order valence-electron chi connectivity index (χ0n) is 8.09. The summed E-state index contributed by atoms with van der Waals surface area (Å²) in [4.78, 5) is 10.9. The Labute approximate surface area is 195 Å². The van der Waals surface area contributed by atoms with Gasteiger partial charge < -0.3 is 21.1 Å². The summed E-state index contributed by atoms with van der Waals surface area (Å²) in [6, 6.07) is 0. The molecule has 88 valence electrons. The van der Waals surface area contributed by atoms with Crippen molar-refractivity contribution in [2.75, 3.05) is 0 Å². The van der Waals surface area contributed by atoms with E-state index >= 15 is 0 Å². The van der Waals surface area contributed by atoms with Gasteiger partial charge in [-0.15, -0.1) is 0 Å². The third-order valence-electron chi connectivity index (χ3n) is 1.63. The molecule has 0 heterocycles. The molecular formula is C7HI4KO5. The quantitative estimate of drug-likeness (QED) is 0.336. The summed E-state index contributed by atoms with van der Waals surface area (Å²) in [5.41, 5.74) is -0.109. The van der Waals surface area contributed by atoms with Gasteiger partial charge in [0.2, 0.25) is 5.75 Å². The van der Waals surface area contributed by atoms with Crippen LogP contribution in [0.25, 0.3) is 0 Å². The average molecular weight is 712 g/mol. The molecule has 0 spiro atoms. The van der Waals surface area contributed by atoms with E-state index < -0.39 is 5.97 Å². The van der Waals surface area contributed by atoms with Crippen molar-refractivity contribution in [3.8, 4) is 17.2 Å². The standard InChI is InChI=1S/C7H2I4O5.K/c8-2-1(7(13)14)3(9)5(15-10)6(16-11)4(2)12;/h12H,(H,13,14);/q;+1/p-1. The number of rotatable bonds is 3. The first-order valence-electron chi connectivity index (χ1n) is 3.48. The Bertz CT molecular complexity index is 453. The number of phenols is 1. The number of phenolic OH excluding ortho intramolecular Hbond substituents is 1. The van der Waals surface area contributed by atoms with Crippen molar-refractivity contribution in [3.63, 3.8) is 0 Å². The molecule has 1 rings (SSSR count). The van der Waals surface area contributed by atoms with Crippen LogP contribution in [0.5, 0.6) is 17.2 Å². The molecule has 0 bridgehead atoms. The van der Waals surface area contributed by atoms with Crippen LogP contribution in [0.4, 0.5) is 0 Å². The maximum absolute atomic E-state index is 10.9. The van der Waals surface area contributed by atoms with E-state index in [1.54, 1.807) is 91.2 Å². The van der Waals surface area contributed by atoms with E-state index in [-0.39, 0.29) is 77.8 Å². The molecule has 0 radical (unpaired) electrons. The predicted molar refractivity (Wildman–Crippen MR) is 87.2 cm³/mol. The van der Waals surface area contributed by atoms with Crippen LogP contribution in [0.3, 0.4) is 0 Å². The fourth-order valence-electron chi connectivity index (χ4n) is 0.955. The second-order valence-electron chi connectivity index (χ2n) is 2.45. The molecule has 0 fully saturated rings. The fraction of sp³-hybridized carbons (Fsp3) is 0. The third kappa shape index (κ3) is 4.30. The molecule has 1 aromatic rings. The minimum absolute atomic E-state index is 0. The van der Waals surface area contributed by atoms with Crippen LogP contribution in [-0.2, 0) is 0 Å². The minimum atomic E-state index is -1.38. The Kier molecular flexibility index (Phi) is 10.2. The molecule has 5 nitrogen and oxygen atoms in total. The summed E-state index contributed by atoms with van der Waals surface area (Å²) in [5, 5.41) is 20.7. The molecule has 0 saturated carbocycles. The SMILES string of the molecule is O=C([O-])c1c(I)c(O)c(OI)c(OI)c1I.[K+]. The number of aromatic carboxylic acids is 1. The van der Waals surface area contributed by atoms with Crippen LogP contribution >= 0.6 is 91.2 Å². The Morgan fingerprint density at radius 1 is 1.12 bits per heavy atom. The summed E-state index contributed by atoms with van der Waals surface area (Å²) in [7, 11) is 0. The van der Waals surface area contributed by atoms with Gasteiger partial charge in [0.1, 0.15) is 0 Å². The Morgan fingerprint density at radius 2 is 1.59 bits per heavy atom. The van der Waals surface area contributed by atoms with Gasteiger partial charge in [-0.2, -0.15) is 0 Å². The van der Waals surface area contributed by atoms with Crippen molar-refractivity contribution < 1.29 is 72.5 Å². The Morgan fingerprint density at radius 3 is 1.94 bits per heavy atom. The average Bonchev–Trinajstić information content (AvgIpc) is 2.22. The van der Waals surface area contributed by atoms with Gasteiger partial charge in [-0.25, -0.2) is 0 Å². The van der Waals surface area contributed by atoms with Gasteiger partial charge in [0, 0.05) is 5.56 Å². The van der Waals surface area contributed by atoms with Gasteiger partial charge in [-0.3, -0.25) is 0 Å². The molecule has 17 heavy (non-hydrogen) atoms. The summed E-state index contributed by atoms with van der Waals surface area (Å²) < 4.78 is 10.4. The number of aromatic hydroxyl groups is 1. The first-order chi connectivity index (χ1) is 7.45. The summed E-state index contributed by atoms with van der Waals surface area (Å²) >= 11 is 6.67. The molecule has 0 amide bonds. The number of carbonyl (C=O) groups excluding carboxylic acids is 1. The monoisotopic (exact) mass is 712 g/mol. The molecule has 10 heteroatoms. The smallest absolute Gasteiger partial charge is 0.545 e. The van der Waals surface area contributed by atoms with Gasteiger partial charge in [-0.1, -0.05) is 0 Å². The van der Waals surface area contributed by atoms with Crippen molar-refractivity contribution in [2.24, 2.45) is 0 Å². The van der Waals surface area contributed by atoms with Crippen molar-refractivity contribution >= 4 is 97.2 Å². The van der Waals surface area contributed by atoms with Gasteiger partial charge in [0.25, 0.3) is 0 Å². The summed E-state index contributed by atoms with van der Waals surface area (Å²) in [5.74, 6) is -1.40. The largest absolute Gasteiger partial charge is 1.00 e. The van der Waals surface area contributed by atoms with Gasteiger partial charge in [0.05, 0.1) is 13.1 Å². The minimum Gasteiger partial charge on any atom is -0.545 e. The van der Waals surface area contributed by atoms with Crippen molar-refractivity contribution in [2.45, 2.75) is 0 Å². The van der Waals surface area contributed by atoms with E-state index in [0.717, 1.165) is 0 Å². The Balaban J connectivity index is 0.00000256. The summed E-state index contributed by atoms with van der Waals surface area (Å²) in [6.07, 6.45) is 0. The molecule has 0 aromatic heterocycles. The van der Waals surface area contributed by atoms with Crippen LogP contribution in [0.2, 0.25) is 0 Å². The second kappa shape index (κ2) is 8.83. The fourth-order valence-corrected chi connectivity index (χ4v) is 4.30. The topological polar surface area (TPSA) is 78.8 Å². The molecule has 0 atom stereocenters. The predicted octanol–water partition coefficient (Wildman–Crippen LogP) is -0.574. The molecule has 0 unspecified atom stereocenters. The van der Waals surface area contributed by atoms with E-state index in [2.05, 4.69) is 0 Å². The van der Waals surface area contributed by atoms with Crippen LogP contribution in [0.1, 0.15) is 10.4 Å². The Hall–Kier alpha value is 2.65. The normalized spacial score (nSPS) is 9.41.